The van der Waals surface area contributed by atoms with Crippen molar-refractivity contribution in [2.45, 2.75) is 206 Å². The van der Waals surface area contributed by atoms with Gasteiger partial charge in [-0.3, -0.25) is 0 Å². The molecule has 1 fully saturated rings. The van der Waals surface area contributed by atoms with Crippen molar-refractivity contribution in [2.75, 3.05) is 6.61 Å². The monoisotopic (exact) mass is 599 g/mol. The highest BCUT2D eigenvalue weighted by Crippen LogP contribution is 2.35. The fourth-order valence-corrected chi connectivity index (χ4v) is 5.97. The van der Waals surface area contributed by atoms with E-state index in [1.165, 1.54) is 141 Å². The second-order valence-corrected chi connectivity index (χ2v) is 13.0. The molecule has 1 atom stereocenters. The van der Waals surface area contributed by atoms with Crippen molar-refractivity contribution in [1.29, 1.82) is 0 Å². The molecule has 0 aliphatic carbocycles. The second kappa shape index (κ2) is 30.9. The second-order valence-electron chi connectivity index (χ2n) is 13.0. The van der Waals surface area contributed by atoms with Crippen LogP contribution in [0.4, 0.5) is 0 Å². The maximum atomic E-state index is 6.50. The van der Waals surface area contributed by atoms with E-state index in [9.17, 15) is 0 Å². The lowest BCUT2D eigenvalue weighted by atomic mass is 9.98. The zero-order chi connectivity index (χ0) is 30.9. The summed E-state index contributed by atoms with van der Waals surface area (Å²) in [6, 6.07) is 0. The number of ether oxygens (including phenoxy) is 2. The summed E-state index contributed by atoms with van der Waals surface area (Å²) < 4.78 is 12.8. The molecule has 0 spiro atoms. The van der Waals surface area contributed by atoms with Gasteiger partial charge >= 0.3 is 0 Å². The summed E-state index contributed by atoms with van der Waals surface area (Å²) in [7, 11) is 0. The third kappa shape index (κ3) is 24.8. The van der Waals surface area contributed by atoms with Gasteiger partial charge in [0, 0.05) is 12.8 Å². The molecule has 2 heteroatoms. The van der Waals surface area contributed by atoms with Gasteiger partial charge in [-0.05, 0) is 83.5 Å². The van der Waals surface area contributed by atoms with E-state index in [1.807, 2.05) is 0 Å². The molecule has 250 valence electrons. The fraction of sp³-hybridized carbons (Fsp3) is 0.805. The van der Waals surface area contributed by atoms with Crippen molar-refractivity contribution in [2.24, 2.45) is 0 Å². The van der Waals surface area contributed by atoms with E-state index in [-0.39, 0.29) is 5.79 Å². The Bertz CT molecular complexity index is 640. The predicted molar refractivity (Wildman–Crippen MR) is 192 cm³/mol. The van der Waals surface area contributed by atoms with Gasteiger partial charge in [0.25, 0.3) is 0 Å². The van der Waals surface area contributed by atoms with Crippen molar-refractivity contribution < 1.29 is 9.47 Å². The molecule has 0 saturated carbocycles. The molecule has 1 saturated heterocycles. The zero-order valence-corrected chi connectivity index (χ0v) is 29.3. The fourth-order valence-electron chi connectivity index (χ4n) is 5.97. The van der Waals surface area contributed by atoms with Gasteiger partial charge in [-0.2, -0.15) is 0 Å². The number of unbranched alkanes of at least 4 members (excludes halogenated alkanes) is 18. The van der Waals surface area contributed by atoms with Gasteiger partial charge in [0.15, 0.2) is 5.79 Å². The van der Waals surface area contributed by atoms with Crippen LogP contribution in [-0.4, -0.2) is 18.5 Å². The van der Waals surface area contributed by atoms with Gasteiger partial charge in [-0.1, -0.05) is 146 Å². The summed E-state index contributed by atoms with van der Waals surface area (Å²) in [5, 5.41) is 0. The Kier molecular flexibility index (Phi) is 28.7. The quantitative estimate of drug-likeness (QED) is 0.0583. The van der Waals surface area contributed by atoms with Crippen LogP contribution in [0, 0.1) is 0 Å². The third-order valence-electron chi connectivity index (χ3n) is 8.89. The first-order valence-corrected chi connectivity index (χ1v) is 19.2. The number of rotatable bonds is 31. The van der Waals surface area contributed by atoms with Crippen LogP contribution < -0.4 is 0 Å². The van der Waals surface area contributed by atoms with Crippen molar-refractivity contribution in [1.82, 2.24) is 0 Å². The highest BCUT2D eigenvalue weighted by Gasteiger charge is 2.39. The molecule has 0 aromatic carbocycles. The minimum atomic E-state index is -0.287. The minimum absolute atomic E-state index is 0.287. The van der Waals surface area contributed by atoms with Crippen LogP contribution in [0.2, 0.25) is 0 Å². The normalized spacial score (nSPS) is 19.4. The maximum absolute atomic E-state index is 6.50. The smallest absolute Gasteiger partial charge is 0.168 e. The largest absolute Gasteiger partial charge is 0.347 e. The van der Waals surface area contributed by atoms with Crippen LogP contribution in [0.15, 0.2) is 48.6 Å². The molecule has 2 nitrogen and oxygen atoms in total. The van der Waals surface area contributed by atoms with Gasteiger partial charge in [0.2, 0.25) is 0 Å². The van der Waals surface area contributed by atoms with E-state index in [2.05, 4.69) is 69.4 Å². The Morgan fingerprint density at radius 3 is 1.21 bits per heavy atom. The number of hydrogen-bond acceptors (Lipinski definition) is 2. The number of allylic oxidation sites excluding steroid dienone is 8. The lowest BCUT2D eigenvalue weighted by Gasteiger charge is -2.28. The summed E-state index contributed by atoms with van der Waals surface area (Å²) in [5.74, 6) is -0.287. The topological polar surface area (TPSA) is 18.5 Å². The van der Waals surface area contributed by atoms with Crippen LogP contribution in [-0.2, 0) is 9.47 Å². The average Bonchev–Trinajstić information content (AvgIpc) is 3.44. The predicted octanol–water partition coefficient (Wildman–Crippen LogP) is 13.9. The molecule has 1 aliphatic heterocycles. The van der Waals surface area contributed by atoms with Gasteiger partial charge in [-0.15, -0.1) is 0 Å². The standard InChI is InChI=1S/C41H74O2/c1-4-7-9-11-13-15-17-19-21-23-25-27-29-31-33-35-37-41(42-39-40(6-3)43-41)38-36-34-32-30-28-26-24-22-20-18-16-14-12-10-8-5-2/h13-16,19-22,40H,4-12,17-18,23-39H2,1-3H3/t40-,41?/m0/s1. The molecule has 0 bridgehead atoms. The summed E-state index contributed by atoms with van der Waals surface area (Å²) in [5.41, 5.74) is 0. The van der Waals surface area contributed by atoms with E-state index in [4.69, 9.17) is 9.47 Å². The molecule has 0 radical (unpaired) electrons. The summed E-state index contributed by atoms with van der Waals surface area (Å²) in [4.78, 5) is 0. The number of hydrogen-bond donors (Lipinski definition) is 0. The van der Waals surface area contributed by atoms with Gasteiger partial charge < -0.3 is 9.47 Å². The van der Waals surface area contributed by atoms with E-state index >= 15 is 0 Å². The summed E-state index contributed by atoms with van der Waals surface area (Å²) >= 11 is 0. The first-order valence-electron chi connectivity index (χ1n) is 19.2. The van der Waals surface area contributed by atoms with E-state index < -0.39 is 0 Å². The van der Waals surface area contributed by atoms with E-state index in [1.54, 1.807) is 0 Å². The molecular weight excluding hydrogens is 524 g/mol. The molecule has 0 N–H and O–H groups in total. The maximum Gasteiger partial charge on any atom is 0.168 e. The third-order valence-corrected chi connectivity index (χ3v) is 8.89. The Labute approximate surface area is 270 Å². The van der Waals surface area contributed by atoms with E-state index in [0.29, 0.717) is 6.10 Å². The molecule has 1 rings (SSSR count). The molecule has 1 aliphatic rings. The minimum Gasteiger partial charge on any atom is -0.347 e. The van der Waals surface area contributed by atoms with Gasteiger partial charge in [0.05, 0.1) is 12.7 Å². The van der Waals surface area contributed by atoms with Crippen LogP contribution in [0.25, 0.3) is 0 Å². The van der Waals surface area contributed by atoms with Crippen molar-refractivity contribution in [3.05, 3.63) is 48.6 Å². The highest BCUT2D eigenvalue weighted by molar-refractivity contribution is 4.93. The van der Waals surface area contributed by atoms with Crippen LogP contribution in [0.1, 0.15) is 194 Å². The van der Waals surface area contributed by atoms with Gasteiger partial charge in [-0.25, -0.2) is 0 Å². The average molecular weight is 599 g/mol. The zero-order valence-electron chi connectivity index (χ0n) is 29.3. The summed E-state index contributed by atoms with van der Waals surface area (Å²) in [6.07, 6.45) is 53.5. The van der Waals surface area contributed by atoms with Crippen LogP contribution >= 0.6 is 0 Å². The molecule has 1 heterocycles. The molecule has 0 aromatic heterocycles. The van der Waals surface area contributed by atoms with Crippen molar-refractivity contribution in [3.63, 3.8) is 0 Å². The molecule has 0 unspecified atom stereocenters. The van der Waals surface area contributed by atoms with Crippen molar-refractivity contribution in [3.8, 4) is 0 Å². The van der Waals surface area contributed by atoms with Crippen molar-refractivity contribution >= 4 is 0 Å². The SMILES string of the molecule is CCCCCC=CCC=CCCCCCCCCC1(CCCCCCCCC=CCC=CCCCCC)OC[C@H](CC)O1. The molecule has 43 heavy (non-hydrogen) atoms. The van der Waals surface area contributed by atoms with Crippen LogP contribution in [0.3, 0.4) is 0 Å². The van der Waals surface area contributed by atoms with Crippen LogP contribution in [0.5, 0.6) is 0 Å². The lowest BCUT2D eigenvalue weighted by molar-refractivity contribution is -0.179. The Morgan fingerprint density at radius 1 is 0.465 bits per heavy atom. The Balaban J connectivity index is 2.04. The van der Waals surface area contributed by atoms with Gasteiger partial charge in [0.1, 0.15) is 0 Å². The first kappa shape index (κ1) is 39.9. The molecule has 0 aromatic rings. The van der Waals surface area contributed by atoms with E-state index in [0.717, 1.165) is 38.7 Å². The first-order chi connectivity index (χ1) is 21.3. The summed E-state index contributed by atoms with van der Waals surface area (Å²) in [6.45, 7) is 7.56. The Hall–Kier alpha value is -1.12. The highest BCUT2D eigenvalue weighted by atomic mass is 16.7. The molecular formula is C41H74O2. The lowest BCUT2D eigenvalue weighted by Crippen LogP contribution is -2.31. The Morgan fingerprint density at radius 2 is 0.837 bits per heavy atom. The molecule has 0 amide bonds.